The molecule has 0 radical (unpaired) electrons. The van der Waals surface area contributed by atoms with Crippen LogP contribution in [0.15, 0.2) is 84.0 Å². The quantitative estimate of drug-likeness (QED) is 0.358. The number of piperidine rings is 1. The monoisotopic (exact) mass is 534 g/mol. The highest BCUT2D eigenvalue weighted by molar-refractivity contribution is 7.89. The molecule has 194 valence electrons. The van der Waals surface area contributed by atoms with Crippen molar-refractivity contribution in [2.45, 2.75) is 24.2 Å². The van der Waals surface area contributed by atoms with Gasteiger partial charge in [-0.1, -0.05) is 12.1 Å². The Bertz CT molecular complexity index is 1620. The number of pyridine rings is 1. The van der Waals surface area contributed by atoms with Crippen LogP contribution in [0.3, 0.4) is 0 Å². The SMILES string of the molecule is O=C(c1ccccn1)C12Cc3cnn(-c4ccc(F)cc4)c3CC1CCN(S(=O)(=O)c1cccc(F)c1)C2. The second-order valence-corrected chi connectivity index (χ2v) is 11.8. The summed E-state index contributed by atoms with van der Waals surface area (Å²) in [6.07, 6.45) is 4.45. The molecule has 38 heavy (non-hydrogen) atoms. The number of benzene rings is 2. The van der Waals surface area contributed by atoms with E-state index >= 15 is 0 Å². The smallest absolute Gasteiger partial charge is 0.243 e. The van der Waals surface area contributed by atoms with Crippen molar-refractivity contribution in [3.63, 3.8) is 0 Å². The van der Waals surface area contributed by atoms with Crippen LogP contribution in [0.5, 0.6) is 0 Å². The number of hydrogen-bond donors (Lipinski definition) is 0. The second kappa shape index (κ2) is 9.21. The number of halogens is 2. The molecule has 2 atom stereocenters. The molecule has 0 N–H and O–H groups in total. The summed E-state index contributed by atoms with van der Waals surface area (Å²) in [6.45, 7) is 0.147. The van der Waals surface area contributed by atoms with Crippen LogP contribution >= 0.6 is 0 Å². The molecule has 3 heterocycles. The lowest BCUT2D eigenvalue weighted by Crippen LogP contribution is -2.57. The molecule has 0 amide bonds. The first-order valence-corrected chi connectivity index (χ1v) is 13.8. The van der Waals surface area contributed by atoms with Crippen LogP contribution in [0.1, 0.15) is 28.2 Å². The number of ketones is 1. The summed E-state index contributed by atoms with van der Waals surface area (Å²) < 4.78 is 57.6. The van der Waals surface area contributed by atoms with Gasteiger partial charge in [-0.3, -0.25) is 9.78 Å². The van der Waals surface area contributed by atoms with Gasteiger partial charge >= 0.3 is 0 Å². The van der Waals surface area contributed by atoms with Crippen molar-refractivity contribution >= 4 is 15.8 Å². The first-order chi connectivity index (χ1) is 18.3. The van der Waals surface area contributed by atoms with Crippen molar-refractivity contribution in [1.82, 2.24) is 19.1 Å². The highest BCUT2D eigenvalue weighted by Gasteiger charge is 2.54. The maximum absolute atomic E-state index is 14.1. The van der Waals surface area contributed by atoms with Gasteiger partial charge in [-0.25, -0.2) is 21.9 Å². The van der Waals surface area contributed by atoms with Crippen molar-refractivity contribution < 1.29 is 22.0 Å². The molecule has 1 aliphatic heterocycles. The summed E-state index contributed by atoms with van der Waals surface area (Å²) in [5.74, 6) is -1.39. The van der Waals surface area contributed by atoms with Crippen molar-refractivity contribution in [1.29, 1.82) is 0 Å². The van der Waals surface area contributed by atoms with Crippen molar-refractivity contribution in [3.8, 4) is 5.69 Å². The van der Waals surface area contributed by atoms with E-state index in [4.69, 9.17) is 0 Å². The summed E-state index contributed by atoms with van der Waals surface area (Å²) in [5, 5.41) is 4.54. The fraction of sp³-hybridized carbons (Fsp3) is 0.250. The van der Waals surface area contributed by atoms with Crippen LogP contribution in [0.2, 0.25) is 0 Å². The van der Waals surface area contributed by atoms with Gasteiger partial charge in [0.2, 0.25) is 10.0 Å². The Kier molecular flexibility index (Phi) is 5.96. The molecule has 10 heteroatoms. The van der Waals surface area contributed by atoms with Crippen molar-refractivity contribution in [2.24, 2.45) is 11.3 Å². The zero-order chi connectivity index (χ0) is 26.5. The van der Waals surface area contributed by atoms with E-state index in [-0.39, 0.29) is 47.6 Å². The molecular weight excluding hydrogens is 510 g/mol. The number of hydrogen-bond acceptors (Lipinski definition) is 5. The highest BCUT2D eigenvalue weighted by Crippen LogP contribution is 2.48. The molecule has 4 aromatic rings. The van der Waals surface area contributed by atoms with Gasteiger partial charge in [0.25, 0.3) is 0 Å². The Morgan fingerprint density at radius 2 is 1.82 bits per heavy atom. The van der Waals surface area contributed by atoms with Crippen LogP contribution < -0.4 is 0 Å². The lowest BCUT2D eigenvalue weighted by molar-refractivity contribution is 0.0394. The van der Waals surface area contributed by atoms with Crippen LogP contribution in [-0.2, 0) is 22.9 Å². The van der Waals surface area contributed by atoms with Gasteiger partial charge < -0.3 is 0 Å². The maximum atomic E-state index is 14.1. The van der Waals surface area contributed by atoms with Crippen LogP contribution in [0.25, 0.3) is 5.69 Å². The van der Waals surface area contributed by atoms with Crippen LogP contribution in [0, 0.1) is 23.0 Å². The number of Topliss-reactive ketones (excluding diaryl/α,β-unsaturated/α-hetero) is 1. The van der Waals surface area contributed by atoms with E-state index in [2.05, 4.69) is 10.1 Å². The Labute approximate surface area is 218 Å². The van der Waals surface area contributed by atoms with Gasteiger partial charge in [0, 0.05) is 25.0 Å². The summed E-state index contributed by atoms with van der Waals surface area (Å²) in [7, 11) is -4.04. The molecule has 1 fully saturated rings. The predicted octanol–water partition coefficient (Wildman–Crippen LogP) is 4.22. The Morgan fingerprint density at radius 3 is 2.55 bits per heavy atom. The molecule has 2 aromatic carbocycles. The Balaban J connectivity index is 1.43. The summed E-state index contributed by atoms with van der Waals surface area (Å²) in [5.41, 5.74) is 1.67. The van der Waals surface area contributed by atoms with E-state index < -0.39 is 21.3 Å². The number of carbonyl (C=O) groups excluding carboxylic acids is 1. The fourth-order valence-electron chi connectivity index (χ4n) is 5.82. The molecule has 0 saturated carbocycles. The van der Waals surface area contributed by atoms with Gasteiger partial charge in [-0.15, -0.1) is 0 Å². The molecule has 0 bridgehead atoms. The average Bonchev–Trinajstić information content (AvgIpc) is 3.34. The second-order valence-electron chi connectivity index (χ2n) is 9.87. The number of carbonyl (C=O) groups is 1. The molecule has 0 spiro atoms. The number of fused-ring (bicyclic) bond motifs is 2. The predicted molar refractivity (Wildman–Crippen MR) is 135 cm³/mol. The fourth-order valence-corrected chi connectivity index (χ4v) is 7.38. The van der Waals surface area contributed by atoms with Gasteiger partial charge in [0.05, 0.1) is 22.2 Å². The van der Waals surface area contributed by atoms with E-state index in [0.29, 0.717) is 18.5 Å². The third-order valence-corrected chi connectivity index (χ3v) is 9.56. The summed E-state index contributed by atoms with van der Waals surface area (Å²) >= 11 is 0. The molecular formula is C28H24F2N4O3S. The minimum absolute atomic E-state index is 0.0485. The van der Waals surface area contributed by atoms with Gasteiger partial charge in [0.15, 0.2) is 5.78 Å². The molecule has 1 saturated heterocycles. The normalized spacial score (nSPS) is 21.5. The third-order valence-electron chi connectivity index (χ3n) is 7.72. The zero-order valence-electron chi connectivity index (χ0n) is 20.3. The van der Waals surface area contributed by atoms with E-state index in [0.717, 1.165) is 17.3 Å². The van der Waals surface area contributed by atoms with Gasteiger partial charge in [-0.05, 0) is 85.3 Å². The molecule has 2 aliphatic rings. The molecule has 2 aromatic heterocycles. The van der Waals surface area contributed by atoms with Crippen LogP contribution in [-0.4, -0.2) is 46.4 Å². The van der Waals surface area contributed by atoms with E-state index in [9.17, 15) is 22.0 Å². The maximum Gasteiger partial charge on any atom is 0.243 e. The number of sulfonamides is 1. The van der Waals surface area contributed by atoms with E-state index in [1.54, 1.807) is 47.4 Å². The van der Waals surface area contributed by atoms with E-state index in [1.807, 2.05) is 0 Å². The van der Waals surface area contributed by atoms with Gasteiger partial charge in [0.1, 0.15) is 17.3 Å². The molecule has 1 aliphatic carbocycles. The first-order valence-electron chi connectivity index (χ1n) is 12.3. The minimum Gasteiger partial charge on any atom is -0.292 e. The topological polar surface area (TPSA) is 85.2 Å². The van der Waals surface area contributed by atoms with Gasteiger partial charge in [-0.2, -0.15) is 9.40 Å². The Morgan fingerprint density at radius 1 is 1.00 bits per heavy atom. The standard InChI is InChI=1S/C28H24F2N4O3S/c29-21-7-9-23(10-8-21)34-26-14-20-11-13-33(38(36,37)24-5-3-4-22(30)15-24)18-28(20,16-19(26)17-32-34)27(35)25-6-1-2-12-31-25/h1-10,12,15,17,20H,11,13-14,16,18H2. The summed E-state index contributed by atoms with van der Waals surface area (Å²) in [4.78, 5) is 18.3. The van der Waals surface area contributed by atoms with Crippen molar-refractivity contribution in [2.75, 3.05) is 13.1 Å². The molecule has 6 rings (SSSR count). The highest BCUT2D eigenvalue weighted by atomic mass is 32.2. The minimum atomic E-state index is -4.04. The molecule has 7 nitrogen and oxygen atoms in total. The van der Waals surface area contributed by atoms with Crippen LogP contribution in [0.4, 0.5) is 8.78 Å². The number of nitrogens with zero attached hydrogens (tertiary/aromatic N) is 4. The first kappa shape index (κ1) is 24.6. The largest absolute Gasteiger partial charge is 0.292 e. The number of rotatable bonds is 5. The van der Waals surface area contributed by atoms with Crippen molar-refractivity contribution in [3.05, 3.63) is 108 Å². The molecule has 2 unspecified atom stereocenters. The number of aromatic nitrogens is 3. The lowest BCUT2D eigenvalue weighted by atomic mass is 9.60. The van der Waals surface area contributed by atoms with E-state index in [1.165, 1.54) is 34.6 Å². The third kappa shape index (κ3) is 4.04. The lowest BCUT2D eigenvalue weighted by Gasteiger charge is -2.49. The summed E-state index contributed by atoms with van der Waals surface area (Å²) in [6, 6.07) is 16.1. The Hall–Kier alpha value is -3.76. The average molecular weight is 535 g/mol. The zero-order valence-corrected chi connectivity index (χ0v) is 21.1.